The van der Waals surface area contributed by atoms with Crippen LogP contribution < -0.4 is 9.47 Å². The predicted molar refractivity (Wildman–Crippen MR) is 65.0 cm³/mol. The zero-order valence-corrected chi connectivity index (χ0v) is 9.42. The molecule has 2 aromatic rings. The van der Waals surface area contributed by atoms with E-state index in [2.05, 4.69) is 12.6 Å². The molecule has 0 unspecified atom stereocenters. The molecule has 1 aromatic heterocycles. The number of fused-ring (bicyclic) bond motifs is 1. The minimum absolute atomic E-state index is 0.310. The molecule has 1 aliphatic rings. The number of ether oxygens (including phenoxy) is 2. The van der Waals surface area contributed by atoms with Crippen LogP contribution in [0.15, 0.2) is 42.3 Å². The van der Waals surface area contributed by atoms with Crippen LogP contribution in [-0.4, -0.2) is 6.79 Å². The van der Waals surface area contributed by atoms with Gasteiger partial charge in [-0.2, -0.15) is 0 Å². The SMILES string of the molecule is C=C(c1ccc2c(c1)OCO2)c1cccs1. The highest BCUT2D eigenvalue weighted by Gasteiger charge is 2.14. The van der Waals surface area contributed by atoms with Crippen LogP contribution in [0.25, 0.3) is 5.57 Å². The van der Waals surface area contributed by atoms with Crippen molar-refractivity contribution in [2.45, 2.75) is 0 Å². The summed E-state index contributed by atoms with van der Waals surface area (Å²) >= 11 is 1.69. The van der Waals surface area contributed by atoms with Gasteiger partial charge in [-0.3, -0.25) is 0 Å². The first-order chi connectivity index (χ1) is 7.84. The molecule has 0 spiro atoms. The van der Waals surface area contributed by atoms with Crippen molar-refractivity contribution in [3.8, 4) is 11.5 Å². The predicted octanol–water partition coefficient (Wildman–Crippen LogP) is 3.54. The van der Waals surface area contributed by atoms with E-state index >= 15 is 0 Å². The van der Waals surface area contributed by atoms with Gasteiger partial charge < -0.3 is 9.47 Å². The van der Waals surface area contributed by atoms with Crippen molar-refractivity contribution in [1.29, 1.82) is 0 Å². The molecular formula is C13H10O2S. The van der Waals surface area contributed by atoms with Crippen LogP contribution in [0.4, 0.5) is 0 Å². The number of hydrogen-bond acceptors (Lipinski definition) is 3. The maximum atomic E-state index is 5.35. The lowest BCUT2D eigenvalue weighted by atomic mass is 10.1. The van der Waals surface area contributed by atoms with Gasteiger partial charge in [0.05, 0.1) is 0 Å². The fraction of sp³-hybridized carbons (Fsp3) is 0.0769. The highest BCUT2D eigenvalue weighted by molar-refractivity contribution is 7.11. The van der Waals surface area contributed by atoms with Crippen LogP contribution in [0, 0.1) is 0 Å². The molecule has 0 amide bonds. The fourth-order valence-electron chi connectivity index (χ4n) is 1.68. The molecule has 0 radical (unpaired) electrons. The Bertz CT molecular complexity index is 529. The summed E-state index contributed by atoms with van der Waals surface area (Å²) in [6.07, 6.45) is 0. The van der Waals surface area contributed by atoms with Crippen LogP contribution >= 0.6 is 11.3 Å². The number of rotatable bonds is 2. The largest absolute Gasteiger partial charge is 0.454 e. The van der Waals surface area contributed by atoms with Crippen molar-refractivity contribution in [1.82, 2.24) is 0 Å². The molecule has 1 aromatic carbocycles. The maximum absolute atomic E-state index is 5.35. The van der Waals surface area contributed by atoms with E-state index in [4.69, 9.17) is 9.47 Å². The van der Waals surface area contributed by atoms with Crippen LogP contribution in [0.2, 0.25) is 0 Å². The van der Waals surface area contributed by atoms with Crippen LogP contribution in [0.5, 0.6) is 11.5 Å². The zero-order chi connectivity index (χ0) is 11.0. The van der Waals surface area contributed by atoms with Crippen LogP contribution in [-0.2, 0) is 0 Å². The summed E-state index contributed by atoms with van der Waals surface area (Å²) in [5, 5.41) is 2.05. The average molecular weight is 230 g/mol. The first-order valence-corrected chi connectivity index (χ1v) is 5.85. The summed E-state index contributed by atoms with van der Waals surface area (Å²) in [4.78, 5) is 1.18. The minimum Gasteiger partial charge on any atom is -0.454 e. The van der Waals surface area contributed by atoms with Gasteiger partial charge in [0.1, 0.15) is 0 Å². The summed E-state index contributed by atoms with van der Waals surface area (Å²) in [6.45, 7) is 4.42. The van der Waals surface area contributed by atoms with E-state index in [1.807, 2.05) is 29.6 Å². The van der Waals surface area contributed by atoms with Gasteiger partial charge in [-0.15, -0.1) is 11.3 Å². The van der Waals surface area contributed by atoms with Gasteiger partial charge in [0.15, 0.2) is 11.5 Å². The Morgan fingerprint density at radius 3 is 2.88 bits per heavy atom. The molecule has 80 valence electrons. The summed E-state index contributed by atoms with van der Waals surface area (Å²) in [5.41, 5.74) is 2.10. The van der Waals surface area contributed by atoms with Crippen molar-refractivity contribution < 1.29 is 9.47 Å². The molecule has 3 heteroatoms. The number of hydrogen-bond donors (Lipinski definition) is 0. The second-order valence-corrected chi connectivity index (χ2v) is 4.47. The lowest BCUT2D eigenvalue weighted by Gasteiger charge is -2.04. The minimum atomic E-state index is 0.310. The molecule has 16 heavy (non-hydrogen) atoms. The van der Waals surface area contributed by atoms with Crippen molar-refractivity contribution in [3.05, 3.63) is 52.7 Å². The van der Waals surface area contributed by atoms with Gasteiger partial charge in [0, 0.05) is 4.88 Å². The lowest BCUT2D eigenvalue weighted by Crippen LogP contribution is -1.92. The third-order valence-electron chi connectivity index (χ3n) is 2.54. The Kier molecular flexibility index (Phi) is 2.18. The lowest BCUT2D eigenvalue weighted by molar-refractivity contribution is 0.174. The molecule has 0 saturated carbocycles. The molecule has 2 nitrogen and oxygen atoms in total. The molecule has 2 heterocycles. The van der Waals surface area contributed by atoms with Crippen molar-refractivity contribution >= 4 is 16.9 Å². The molecule has 0 aliphatic carbocycles. The van der Waals surface area contributed by atoms with E-state index in [0.717, 1.165) is 22.6 Å². The van der Waals surface area contributed by atoms with E-state index in [9.17, 15) is 0 Å². The first-order valence-electron chi connectivity index (χ1n) is 4.97. The van der Waals surface area contributed by atoms with E-state index < -0.39 is 0 Å². The quantitative estimate of drug-likeness (QED) is 0.785. The normalized spacial score (nSPS) is 12.8. The van der Waals surface area contributed by atoms with Gasteiger partial charge >= 0.3 is 0 Å². The van der Waals surface area contributed by atoms with E-state index in [0.29, 0.717) is 6.79 Å². The zero-order valence-electron chi connectivity index (χ0n) is 8.60. The molecule has 0 atom stereocenters. The third kappa shape index (κ3) is 1.49. The Morgan fingerprint density at radius 2 is 2.06 bits per heavy atom. The summed E-state index contributed by atoms with van der Waals surface area (Å²) in [7, 11) is 0. The van der Waals surface area contributed by atoms with Crippen molar-refractivity contribution in [3.63, 3.8) is 0 Å². The average Bonchev–Trinajstić information content (AvgIpc) is 2.98. The molecule has 0 bridgehead atoms. The monoisotopic (exact) mass is 230 g/mol. The highest BCUT2D eigenvalue weighted by Crippen LogP contribution is 2.36. The van der Waals surface area contributed by atoms with Crippen LogP contribution in [0.3, 0.4) is 0 Å². The molecular weight excluding hydrogens is 220 g/mol. The van der Waals surface area contributed by atoms with E-state index in [-0.39, 0.29) is 0 Å². The molecule has 3 rings (SSSR count). The van der Waals surface area contributed by atoms with Gasteiger partial charge in [-0.05, 0) is 34.7 Å². The standard InChI is InChI=1S/C13H10O2S/c1-9(13-3-2-6-16-13)10-4-5-11-12(7-10)15-8-14-11/h2-7H,1,8H2. The highest BCUT2D eigenvalue weighted by atomic mass is 32.1. The van der Waals surface area contributed by atoms with E-state index in [1.165, 1.54) is 4.88 Å². The van der Waals surface area contributed by atoms with Gasteiger partial charge in [-0.1, -0.05) is 18.7 Å². The molecule has 1 aliphatic heterocycles. The van der Waals surface area contributed by atoms with Crippen LogP contribution in [0.1, 0.15) is 10.4 Å². The fourth-order valence-corrected chi connectivity index (χ4v) is 2.40. The third-order valence-corrected chi connectivity index (χ3v) is 3.47. The summed E-state index contributed by atoms with van der Waals surface area (Å²) in [5.74, 6) is 1.61. The Hall–Kier alpha value is -1.74. The first kappa shape index (κ1) is 9.48. The van der Waals surface area contributed by atoms with E-state index in [1.54, 1.807) is 11.3 Å². The molecule has 0 N–H and O–H groups in total. The van der Waals surface area contributed by atoms with Crippen molar-refractivity contribution in [2.24, 2.45) is 0 Å². The summed E-state index contributed by atoms with van der Waals surface area (Å²) in [6, 6.07) is 10.0. The van der Waals surface area contributed by atoms with Gasteiger partial charge in [0.2, 0.25) is 6.79 Å². The smallest absolute Gasteiger partial charge is 0.231 e. The second kappa shape index (κ2) is 3.68. The van der Waals surface area contributed by atoms with Gasteiger partial charge in [-0.25, -0.2) is 0 Å². The van der Waals surface area contributed by atoms with Gasteiger partial charge in [0.25, 0.3) is 0 Å². The molecule has 0 fully saturated rings. The Labute approximate surface area is 97.8 Å². The second-order valence-electron chi connectivity index (χ2n) is 3.52. The van der Waals surface area contributed by atoms with Crippen molar-refractivity contribution in [2.75, 3.05) is 6.79 Å². The Balaban J connectivity index is 1.99. The summed E-state index contributed by atoms with van der Waals surface area (Å²) < 4.78 is 10.6. The maximum Gasteiger partial charge on any atom is 0.231 e. The topological polar surface area (TPSA) is 18.5 Å². The Morgan fingerprint density at radius 1 is 1.19 bits per heavy atom. The molecule has 0 saturated heterocycles. The number of benzene rings is 1. The number of thiophene rings is 1.